The molecule has 126 valence electrons. The number of benzene rings is 1. The summed E-state index contributed by atoms with van der Waals surface area (Å²) in [6.07, 6.45) is 4.09. The fourth-order valence-electron chi connectivity index (χ4n) is 3.63. The molecule has 2 aliphatic heterocycles. The largest absolute Gasteiger partial charge is 0.487 e. The van der Waals surface area contributed by atoms with E-state index >= 15 is 0 Å². The highest BCUT2D eigenvalue weighted by Crippen LogP contribution is 2.43. The maximum Gasteiger partial charge on any atom is 0.270 e. The Labute approximate surface area is 140 Å². The summed E-state index contributed by atoms with van der Waals surface area (Å²) in [6, 6.07) is 9.61. The van der Waals surface area contributed by atoms with Crippen LogP contribution in [0.4, 0.5) is 0 Å². The van der Waals surface area contributed by atoms with Crippen LogP contribution in [0.15, 0.2) is 36.5 Å². The van der Waals surface area contributed by atoms with Gasteiger partial charge in [0.15, 0.2) is 0 Å². The van der Waals surface area contributed by atoms with Crippen LogP contribution in [0.25, 0.3) is 0 Å². The molecule has 1 aromatic carbocycles. The molecule has 1 amide bonds. The van der Waals surface area contributed by atoms with Crippen LogP contribution in [-0.4, -0.2) is 34.5 Å². The van der Waals surface area contributed by atoms with Gasteiger partial charge in [0.05, 0.1) is 19.3 Å². The molecule has 24 heavy (non-hydrogen) atoms. The van der Waals surface area contributed by atoms with Gasteiger partial charge in [-0.2, -0.15) is 5.10 Å². The fourth-order valence-corrected chi connectivity index (χ4v) is 3.63. The molecule has 0 radical (unpaired) electrons. The van der Waals surface area contributed by atoms with Crippen LogP contribution in [0, 0.1) is 0 Å². The van der Waals surface area contributed by atoms with Crippen molar-refractivity contribution in [2.75, 3.05) is 13.2 Å². The average Bonchev–Trinajstić information content (AvgIpc) is 3.01. The number of aryl methyl sites for hydroxylation is 1. The SMILES string of the molecule is Cn1nccc1C(=O)N[C@H]1CC2(CCOCC2)Oc2ccccc21. The number of aromatic nitrogens is 2. The molecule has 1 saturated heterocycles. The van der Waals surface area contributed by atoms with Crippen LogP contribution < -0.4 is 10.1 Å². The van der Waals surface area contributed by atoms with Gasteiger partial charge in [-0.25, -0.2) is 0 Å². The number of carbonyl (C=O) groups is 1. The maximum atomic E-state index is 12.6. The topological polar surface area (TPSA) is 65.4 Å². The van der Waals surface area contributed by atoms with Gasteiger partial charge in [0.1, 0.15) is 17.0 Å². The van der Waals surface area contributed by atoms with Gasteiger partial charge in [-0.1, -0.05) is 18.2 Å². The molecule has 1 aromatic heterocycles. The van der Waals surface area contributed by atoms with E-state index in [1.165, 1.54) is 0 Å². The van der Waals surface area contributed by atoms with E-state index in [-0.39, 0.29) is 17.6 Å². The molecule has 6 nitrogen and oxygen atoms in total. The van der Waals surface area contributed by atoms with Crippen molar-refractivity contribution >= 4 is 5.91 Å². The van der Waals surface area contributed by atoms with E-state index in [9.17, 15) is 4.79 Å². The Morgan fingerprint density at radius 1 is 1.29 bits per heavy atom. The number of rotatable bonds is 2. The lowest BCUT2D eigenvalue weighted by molar-refractivity contribution is -0.0639. The number of fused-ring (bicyclic) bond motifs is 1. The standard InChI is InChI=1S/C18H21N3O3/c1-21-15(6-9-19-21)17(22)20-14-12-18(7-10-23-11-8-18)24-16-5-3-2-4-13(14)16/h2-6,9,14H,7-8,10-12H2,1H3,(H,20,22)/t14-/m0/s1. The summed E-state index contributed by atoms with van der Waals surface area (Å²) in [5.74, 6) is 0.750. The molecular formula is C18H21N3O3. The zero-order chi connectivity index (χ0) is 16.6. The Kier molecular flexibility index (Phi) is 3.76. The molecule has 3 heterocycles. The quantitative estimate of drug-likeness (QED) is 0.918. The van der Waals surface area contributed by atoms with Gasteiger partial charge >= 0.3 is 0 Å². The third-order valence-electron chi connectivity index (χ3n) is 4.96. The van der Waals surface area contributed by atoms with Crippen LogP contribution in [0.1, 0.15) is 41.4 Å². The zero-order valence-electron chi connectivity index (χ0n) is 13.7. The summed E-state index contributed by atoms with van der Waals surface area (Å²) in [5.41, 5.74) is 1.34. The molecule has 1 atom stereocenters. The molecular weight excluding hydrogens is 306 g/mol. The van der Waals surface area contributed by atoms with Crippen molar-refractivity contribution in [3.05, 3.63) is 47.8 Å². The van der Waals surface area contributed by atoms with Crippen molar-refractivity contribution in [1.82, 2.24) is 15.1 Å². The first kappa shape index (κ1) is 15.2. The normalized spacial score (nSPS) is 21.8. The van der Waals surface area contributed by atoms with Crippen molar-refractivity contribution in [3.8, 4) is 5.75 Å². The molecule has 1 spiro atoms. The molecule has 1 N–H and O–H groups in total. The third kappa shape index (κ3) is 2.67. The van der Waals surface area contributed by atoms with Crippen LogP contribution in [0.5, 0.6) is 5.75 Å². The van der Waals surface area contributed by atoms with Gasteiger partial charge in [-0.15, -0.1) is 0 Å². The van der Waals surface area contributed by atoms with Crippen LogP contribution in [-0.2, 0) is 11.8 Å². The molecule has 0 saturated carbocycles. The second kappa shape index (κ2) is 5.94. The molecule has 0 bridgehead atoms. The lowest BCUT2D eigenvalue weighted by atomic mass is 9.82. The van der Waals surface area contributed by atoms with E-state index < -0.39 is 0 Å². The first-order valence-electron chi connectivity index (χ1n) is 8.31. The zero-order valence-corrected chi connectivity index (χ0v) is 13.7. The summed E-state index contributed by atoms with van der Waals surface area (Å²) in [7, 11) is 1.77. The Bertz CT molecular complexity index is 749. The average molecular weight is 327 g/mol. The number of nitrogens with one attached hydrogen (secondary N) is 1. The molecule has 6 heteroatoms. The Balaban J connectivity index is 1.63. The van der Waals surface area contributed by atoms with Gasteiger partial charge in [0.25, 0.3) is 5.91 Å². The minimum absolute atomic E-state index is 0.0737. The van der Waals surface area contributed by atoms with Gasteiger partial charge in [-0.05, 0) is 12.1 Å². The number of para-hydroxylation sites is 1. The van der Waals surface area contributed by atoms with Gasteiger partial charge in [-0.3, -0.25) is 9.48 Å². The number of amides is 1. The van der Waals surface area contributed by atoms with E-state index in [2.05, 4.69) is 10.4 Å². The van der Waals surface area contributed by atoms with Crippen molar-refractivity contribution < 1.29 is 14.3 Å². The lowest BCUT2D eigenvalue weighted by Gasteiger charge is -2.44. The minimum Gasteiger partial charge on any atom is -0.487 e. The third-order valence-corrected chi connectivity index (χ3v) is 4.96. The summed E-state index contributed by atoms with van der Waals surface area (Å²) >= 11 is 0. The summed E-state index contributed by atoms with van der Waals surface area (Å²) in [6.45, 7) is 1.40. The van der Waals surface area contributed by atoms with E-state index in [1.54, 1.807) is 24.0 Å². The lowest BCUT2D eigenvalue weighted by Crippen LogP contribution is -2.48. The van der Waals surface area contributed by atoms with Crippen molar-refractivity contribution in [3.63, 3.8) is 0 Å². The molecule has 2 aliphatic rings. The molecule has 2 aromatic rings. The van der Waals surface area contributed by atoms with E-state index in [0.29, 0.717) is 18.9 Å². The summed E-state index contributed by atoms with van der Waals surface area (Å²) < 4.78 is 13.4. The number of nitrogens with zero attached hydrogens (tertiary/aromatic N) is 2. The number of ether oxygens (including phenoxy) is 2. The molecule has 4 rings (SSSR count). The van der Waals surface area contributed by atoms with Crippen LogP contribution in [0.2, 0.25) is 0 Å². The Morgan fingerprint density at radius 2 is 2.08 bits per heavy atom. The van der Waals surface area contributed by atoms with Gasteiger partial charge < -0.3 is 14.8 Å². The highest BCUT2D eigenvalue weighted by Gasteiger charge is 2.42. The van der Waals surface area contributed by atoms with Crippen molar-refractivity contribution in [2.45, 2.75) is 30.9 Å². The molecule has 1 fully saturated rings. The van der Waals surface area contributed by atoms with E-state index in [4.69, 9.17) is 9.47 Å². The molecule has 0 aliphatic carbocycles. The minimum atomic E-state index is -0.253. The van der Waals surface area contributed by atoms with E-state index in [0.717, 1.165) is 30.6 Å². The van der Waals surface area contributed by atoms with Gasteiger partial charge in [0.2, 0.25) is 0 Å². The summed E-state index contributed by atoms with van der Waals surface area (Å²) in [5, 5.41) is 7.24. The number of hydrogen-bond donors (Lipinski definition) is 1. The number of carbonyl (C=O) groups excluding carboxylic acids is 1. The summed E-state index contributed by atoms with van der Waals surface area (Å²) in [4.78, 5) is 12.6. The molecule has 0 unspecified atom stereocenters. The Morgan fingerprint density at radius 3 is 2.83 bits per heavy atom. The number of hydrogen-bond acceptors (Lipinski definition) is 4. The predicted octanol–water partition coefficient (Wildman–Crippen LogP) is 2.22. The highest BCUT2D eigenvalue weighted by atomic mass is 16.5. The first-order valence-corrected chi connectivity index (χ1v) is 8.31. The second-order valence-corrected chi connectivity index (χ2v) is 6.51. The van der Waals surface area contributed by atoms with E-state index in [1.807, 2.05) is 24.3 Å². The predicted molar refractivity (Wildman–Crippen MR) is 87.9 cm³/mol. The maximum absolute atomic E-state index is 12.6. The van der Waals surface area contributed by atoms with Crippen LogP contribution in [0.3, 0.4) is 0 Å². The van der Waals surface area contributed by atoms with Crippen LogP contribution >= 0.6 is 0 Å². The first-order chi connectivity index (χ1) is 11.7. The van der Waals surface area contributed by atoms with Crippen molar-refractivity contribution in [1.29, 1.82) is 0 Å². The Hall–Kier alpha value is -2.34. The smallest absolute Gasteiger partial charge is 0.270 e. The fraction of sp³-hybridized carbons (Fsp3) is 0.444. The highest BCUT2D eigenvalue weighted by molar-refractivity contribution is 5.92. The second-order valence-electron chi connectivity index (χ2n) is 6.51. The van der Waals surface area contributed by atoms with Crippen molar-refractivity contribution in [2.24, 2.45) is 7.05 Å². The van der Waals surface area contributed by atoms with Gasteiger partial charge in [0, 0.05) is 38.1 Å². The monoisotopic (exact) mass is 327 g/mol.